The van der Waals surface area contributed by atoms with Crippen molar-refractivity contribution in [2.24, 2.45) is 0 Å². The van der Waals surface area contributed by atoms with Crippen molar-refractivity contribution in [2.75, 3.05) is 0 Å². The summed E-state index contributed by atoms with van der Waals surface area (Å²) in [5, 5.41) is 0. The molecular weight excluding hydrogens is 234 g/mol. The van der Waals surface area contributed by atoms with Gasteiger partial charge in [0.25, 0.3) is 0 Å². The molecule has 5 heteroatoms. The lowest BCUT2D eigenvalue weighted by Gasteiger charge is -2.14. The third-order valence-electron chi connectivity index (χ3n) is 1.27. The van der Waals surface area contributed by atoms with Crippen molar-refractivity contribution in [3.63, 3.8) is 0 Å². The summed E-state index contributed by atoms with van der Waals surface area (Å²) in [5.74, 6) is 0.248. The van der Waals surface area contributed by atoms with E-state index in [1.807, 2.05) is 0 Å². The number of carbonyl (C=O) groups is 1. The molecule has 1 rings (SSSR count). The number of carbonyl (C=O) groups excluding carboxylic acids is 1. The highest BCUT2D eigenvalue weighted by Gasteiger charge is 2.22. The van der Waals surface area contributed by atoms with E-state index < -0.39 is 3.98 Å². The maximum absolute atomic E-state index is 10.5. The summed E-state index contributed by atoms with van der Waals surface area (Å²) >= 11 is 16.2. The van der Waals surface area contributed by atoms with Crippen LogP contribution in [0.5, 0.6) is 5.75 Å². The first kappa shape index (κ1) is 10.6. The molecule has 0 aliphatic rings. The Hall–Kier alpha value is -0.440. The Morgan fingerprint density at radius 1 is 1.23 bits per heavy atom. The number of alkyl halides is 3. The van der Waals surface area contributed by atoms with Crippen LogP contribution in [0.15, 0.2) is 24.3 Å². The molecule has 0 atom stereocenters. The lowest BCUT2D eigenvalue weighted by molar-refractivity contribution is 0.111. The Kier molecular flexibility index (Phi) is 3.42. The molecule has 2 nitrogen and oxygen atoms in total. The Bertz CT molecular complexity index is 307. The summed E-state index contributed by atoms with van der Waals surface area (Å²) in [5.41, 5.74) is 0.342. The topological polar surface area (TPSA) is 26.3 Å². The van der Waals surface area contributed by atoms with Crippen LogP contribution in [0.3, 0.4) is 0 Å². The predicted molar refractivity (Wildman–Crippen MR) is 52.7 cm³/mol. The van der Waals surface area contributed by atoms with Crippen molar-refractivity contribution < 1.29 is 9.53 Å². The van der Waals surface area contributed by atoms with Gasteiger partial charge < -0.3 is 4.74 Å². The van der Waals surface area contributed by atoms with Gasteiger partial charge in [0, 0.05) is 0 Å². The standard InChI is InChI=1S/C8H5Cl3O2/c9-8(10,11)13-7-4-2-1-3-6(7)5-12/h1-5H. The number of hydrogen-bond donors (Lipinski definition) is 0. The van der Waals surface area contributed by atoms with Crippen LogP contribution in [-0.2, 0) is 0 Å². The van der Waals surface area contributed by atoms with E-state index in [1.165, 1.54) is 0 Å². The van der Waals surface area contributed by atoms with Crippen molar-refractivity contribution in [3.05, 3.63) is 29.8 Å². The molecule has 70 valence electrons. The van der Waals surface area contributed by atoms with Crippen LogP contribution >= 0.6 is 34.8 Å². The number of ether oxygens (including phenoxy) is 1. The monoisotopic (exact) mass is 238 g/mol. The fraction of sp³-hybridized carbons (Fsp3) is 0.125. The molecule has 1 aromatic rings. The number of benzene rings is 1. The van der Waals surface area contributed by atoms with E-state index in [1.54, 1.807) is 24.3 Å². The molecule has 0 aliphatic heterocycles. The van der Waals surface area contributed by atoms with E-state index >= 15 is 0 Å². The van der Waals surface area contributed by atoms with Gasteiger partial charge in [0.2, 0.25) is 0 Å². The SMILES string of the molecule is O=Cc1ccccc1OC(Cl)(Cl)Cl. The number of rotatable bonds is 2. The molecule has 0 spiro atoms. The molecule has 0 aliphatic carbocycles. The van der Waals surface area contributed by atoms with Gasteiger partial charge in [-0.15, -0.1) is 0 Å². The molecule has 13 heavy (non-hydrogen) atoms. The zero-order valence-corrected chi connectivity index (χ0v) is 8.60. The minimum atomic E-state index is -1.85. The lowest BCUT2D eigenvalue weighted by atomic mass is 10.2. The summed E-state index contributed by atoms with van der Waals surface area (Å²) in [7, 11) is 0. The molecule has 0 saturated heterocycles. The number of hydrogen-bond acceptors (Lipinski definition) is 2. The normalized spacial score (nSPS) is 11.0. The van der Waals surface area contributed by atoms with Gasteiger partial charge in [0.05, 0.1) is 5.56 Å². The van der Waals surface area contributed by atoms with E-state index in [9.17, 15) is 4.79 Å². The van der Waals surface area contributed by atoms with Gasteiger partial charge in [-0.25, -0.2) is 0 Å². The molecular formula is C8H5Cl3O2. The first-order valence-corrected chi connectivity index (χ1v) is 4.46. The van der Waals surface area contributed by atoms with E-state index in [0.717, 1.165) is 0 Å². The van der Waals surface area contributed by atoms with Crippen molar-refractivity contribution in [1.29, 1.82) is 0 Å². The van der Waals surface area contributed by atoms with Gasteiger partial charge in [0.15, 0.2) is 6.29 Å². The number of halogens is 3. The molecule has 1 aromatic carbocycles. The molecule has 0 unspecified atom stereocenters. The Labute approximate surface area is 90.3 Å². The van der Waals surface area contributed by atoms with E-state index in [4.69, 9.17) is 39.5 Å². The lowest BCUT2D eigenvalue weighted by Crippen LogP contribution is -2.13. The van der Waals surface area contributed by atoms with E-state index in [0.29, 0.717) is 11.8 Å². The second kappa shape index (κ2) is 4.18. The average molecular weight is 239 g/mol. The van der Waals surface area contributed by atoms with Crippen LogP contribution in [0.1, 0.15) is 10.4 Å². The molecule has 0 amide bonds. The molecule has 0 radical (unpaired) electrons. The number of aldehydes is 1. The summed E-state index contributed by atoms with van der Waals surface area (Å²) in [6, 6.07) is 6.48. The van der Waals surface area contributed by atoms with Crippen LogP contribution in [0, 0.1) is 0 Å². The molecule has 0 aromatic heterocycles. The minimum absolute atomic E-state index is 0.248. The smallest absolute Gasteiger partial charge is 0.338 e. The molecule has 0 bridgehead atoms. The van der Waals surface area contributed by atoms with E-state index in [-0.39, 0.29) is 5.75 Å². The summed E-state index contributed by atoms with van der Waals surface area (Å²) < 4.78 is 3.04. The van der Waals surface area contributed by atoms with E-state index in [2.05, 4.69) is 0 Å². The predicted octanol–water partition coefficient (Wildman–Crippen LogP) is 3.21. The van der Waals surface area contributed by atoms with Gasteiger partial charge in [-0.1, -0.05) is 12.1 Å². The fourth-order valence-electron chi connectivity index (χ4n) is 0.796. The van der Waals surface area contributed by atoms with Crippen LogP contribution in [0.4, 0.5) is 0 Å². The van der Waals surface area contributed by atoms with Gasteiger partial charge in [-0.3, -0.25) is 4.79 Å². The first-order valence-electron chi connectivity index (χ1n) is 3.33. The second-order valence-corrected chi connectivity index (χ2v) is 4.38. The molecule has 0 saturated carbocycles. The summed E-state index contributed by atoms with van der Waals surface area (Å²) in [4.78, 5) is 10.5. The minimum Gasteiger partial charge on any atom is -0.445 e. The molecule has 0 N–H and O–H groups in total. The van der Waals surface area contributed by atoms with Gasteiger partial charge in [0.1, 0.15) is 5.75 Å². The van der Waals surface area contributed by atoms with Crippen molar-refractivity contribution in [1.82, 2.24) is 0 Å². The highest BCUT2D eigenvalue weighted by molar-refractivity contribution is 6.66. The Morgan fingerprint density at radius 3 is 2.38 bits per heavy atom. The quantitative estimate of drug-likeness (QED) is 0.585. The summed E-state index contributed by atoms with van der Waals surface area (Å²) in [6.07, 6.45) is 0.631. The van der Waals surface area contributed by atoms with Gasteiger partial charge in [-0.05, 0) is 46.9 Å². The zero-order valence-electron chi connectivity index (χ0n) is 6.34. The van der Waals surface area contributed by atoms with Crippen LogP contribution in [-0.4, -0.2) is 10.3 Å². The molecule has 0 fully saturated rings. The van der Waals surface area contributed by atoms with Crippen molar-refractivity contribution in [3.8, 4) is 5.75 Å². The fourth-order valence-corrected chi connectivity index (χ4v) is 1.04. The largest absolute Gasteiger partial charge is 0.445 e. The van der Waals surface area contributed by atoms with Crippen LogP contribution < -0.4 is 4.74 Å². The Balaban J connectivity index is 2.94. The van der Waals surface area contributed by atoms with Gasteiger partial charge in [-0.2, -0.15) is 0 Å². The van der Waals surface area contributed by atoms with Crippen LogP contribution in [0.25, 0.3) is 0 Å². The van der Waals surface area contributed by atoms with Crippen molar-refractivity contribution in [2.45, 2.75) is 3.98 Å². The summed E-state index contributed by atoms with van der Waals surface area (Å²) in [6.45, 7) is 0. The third-order valence-corrected chi connectivity index (χ3v) is 1.50. The van der Waals surface area contributed by atoms with Crippen LogP contribution in [0.2, 0.25) is 0 Å². The van der Waals surface area contributed by atoms with Gasteiger partial charge >= 0.3 is 3.98 Å². The first-order chi connectivity index (χ1) is 6.03. The zero-order chi connectivity index (χ0) is 9.90. The highest BCUT2D eigenvalue weighted by atomic mass is 35.6. The number of para-hydroxylation sites is 1. The van der Waals surface area contributed by atoms with Crippen molar-refractivity contribution >= 4 is 41.1 Å². The second-order valence-electron chi connectivity index (χ2n) is 2.20. The maximum atomic E-state index is 10.5. The molecule has 0 heterocycles. The highest BCUT2D eigenvalue weighted by Crippen LogP contribution is 2.31. The third kappa shape index (κ3) is 3.43. The maximum Gasteiger partial charge on any atom is 0.338 e. The average Bonchev–Trinajstić information content (AvgIpc) is 2.02. The Morgan fingerprint density at radius 2 is 1.85 bits per heavy atom.